The van der Waals surface area contributed by atoms with E-state index in [1.54, 1.807) is 0 Å². The quantitative estimate of drug-likeness (QED) is 0.760. The lowest BCUT2D eigenvalue weighted by molar-refractivity contribution is 0.166. The summed E-state index contributed by atoms with van der Waals surface area (Å²) in [7, 11) is 0. The molecule has 0 aromatic heterocycles. The number of aliphatic hydroxyl groups excluding tert-OH is 1. The number of aryl methyl sites for hydroxylation is 1. The van der Waals surface area contributed by atoms with E-state index in [0.717, 1.165) is 24.3 Å². The first-order valence-electron chi connectivity index (χ1n) is 8.06. The minimum absolute atomic E-state index is 0.278. The second kappa shape index (κ2) is 7.69. The molecule has 0 saturated heterocycles. The van der Waals surface area contributed by atoms with E-state index in [0.29, 0.717) is 0 Å². The Morgan fingerprint density at radius 1 is 1.21 bits per heavy atom. The molecule has 0 amide bonds. The van der Waals surface area contributed by atoms with Gasteiger partial charge in [-0.15, -0.1) is 0 Å². The monoisotopic (exact) mass is 260 g/mol. The van der Waals surface area contributed by atoms with Crippen LogP contribution in [0.5, 0.6) is 0 Å². The Labute approximate surface area is 118 Å². The second-order valence-electron chi connectivity index (χ2n) is 6.09. The molecule has 1 aromatic rings. The van der Waals surface area contributed by atoms with E-state index in [1.165, 1.54) is 50.5 Å². The molecule has 1 saturated carbocycles. The zero-order valence-electron chi connectivity index (χ0n) is 12.3. The van der Waals surface area contributed by atoms with Gasteiger partial charge in [-0.05, 0) is 36.3 Å². The fourth-order valence-corrected chi connectivity index (χ4v) is 3.24. The van der Waals surface area contributed by atoms with E-state index in [2.05, 4.69) is 31.2 Å². The maximum Gasteiger partial charge on any atom is 0.0790 e. The Balaban J connectivity index is 1.87. The van der Waals surface area contributed by atoms with E-state index in [1.807, 2.05) is 0 Å². The summed E-state index contributed by atoms with van der Waals surface area (Å²) < 4.78 is 0. The third-order valence-corrected chi connectivity index (χ3v) is 4.46. The molecule has 1 N–H and O–H groups in total. The molecule has 106 valence electrons. The van der Waals surface area contributed by atoms with Crippen molar-refractivity contribution in [3.8, 4) is 0 Å². The molecular formula is C18H28O. The van der Waals surface area contributed by atoms with E-state index in [4.69, 9.17) is 0 Å². The lowest BCUT2D eigenvalue weighted by Crippen LogP contribution is -2.07. The van der Waals surface area contributed by atoms with Crippen LogP contribution in [-0.4, -0.2) is 5.11 Å². The molecule has 0 spiro atoms. The number of benzene rings is 1. The van der Waals surface area contributed by atoms with Crippen LogP contribution in [0.4, 0.5) is 0 Å². The molecule has 19 heavy (non-hydrogen) atoms. The molecule has 1 fully saturated rings. The van der Waals surface area contributed by atoms with Crippen LogP contribution in [0.2, 0.25) is 0 Å². The highest BCUT2D eigenvalue weighted by Gasteiger charge is 2.13. The highest BCUT2D eigenvalue weighted by Crippen LogP contribution is 2.28. The predicted octanol–water partition coefficient (Wildman–Crippen LogP) is 5.03. The Kier molecular flexibility index (Phi) is 5.91. The van der Waals surface area contributed by atoms with Crippen LogP contribution in [-0.2, 0) is 6.42 Å². The average molecular weight is 260 g/mol. The summed E-state index contributed by atoms with van der Waals surface area (Å²) >= 11 is 0. The molecule has 1 aromatic carbocycles. The number of hydrogen-bond donors (Lipinski definition) is 1. The van der Waals surface area contributed by atoms with Gasteiger partial charge >= 0.3 is 0 Å². The van der Waals surface area contributed by atoms with Crippen molar-refractivity contribution >= 4 is 0 Å². The van der Waals surface area contributed by atoms with Crippen molar-refractivity contribution in [3.63, 3.8) is 0 Å². The minimum atomic E-state index is -0.278. The first-order valence-corrected chi connectivity index (χ1v) is 8.06. The molecule has 2 rings (SSSR count). The summed E-state index contributed by atoms with van der Waals surface area (Å²) in [5.74, 6) is 0.943. The molecule has 0 bridgehead atoms. The standard InChI is InChI=1S/C18H28O/c1-2-7-18(19)17-11-6-10-16(14-17)13-12-15-8-4-3-5-9-15/h6,10-11,14-15,18-19H,2-5,7-9,12-13H2,1H3. The van der Waals surface area contributed by atoms with Gasteiger partial charge in [0, 0.05) is 0 Å². The van der Waals surface area contributed by atoms with Crippen molar-refractivity contribution in [1.29, 1.82) is 0 Å². The highest BCUT2D eigenvalue weighted by atomic mass is 16.3. The van der Waals surface area contributed by atoms with Gasteiger partial charge < -0.3 is 5.11 Å². The van der Waals surface area contributed by atoms with Crippen molar-refractivity contribution < 1.29 is 5.11 Å². The van der Waals surface area contributed by atoms with Crippen LogP contribution in [0.3, 0.4) is 0 Å². The van der Waals surface area contributed by atoms with Gasteiger partial charge in [-0.1, -0.05) is 69.7 Å². The average Bonchev–Trinajstić information content (AvgIpc) is 2.47. The number of hydrogen-bond acceptors (Lipinski definition) is 1. The molecule has 0 heterocycles. The zero-order valence-corrected chi connectivity index (χ0v) is 12.3. The molecule has 0 aliphatic heterocycles. The van der Waals surface area contributed by atoms with Crippen molar-refractivity contribution in [2.45, 2.75) is 70.8 Å². The van der Waals surface area contributed by atoms with Crippen LogP contribution < -0.4 is 0 Å². The SMILES string of the molecule is CCCC(O)c1cccc(CCC2CCCCC2)c1. The van der Waals surface area contributed by atoms with Gasteiger partial charge in [0.15, 0.2) is 0 Å². The van der Waals surface area contributed by atoms with Crippen LogP contribution in [0.1, 0.15) is 75.5 Å². The van der Waals surface area contributed by atoms with E-state index < -0.39 is 0 Å². The molecule has 1 atom stereocenters. The van der Waals surface area contributed by atoms with Crippen LogP contribution in [0.15, 0.2) is 24.3 Å². The van der Waals surface area contributed by atoms with Gasteiger partial charge in [0.2, 0.25) is 0 Å². The highest BCUT2D eigenvalue weighted by molar-refractivity contribution is 5.25. The van der Waals surface area contributed by atoms with E-state index in [-0.39, 0.29) is 6.10 Å². The molecule has 1 aliphatic carbocycles. The van der Waals surface area contributed by atoms with Crippen molar-refractivity contribution in [3.05, 3.63) is 35.4 Å². The van der Waals surface area contributed by atoms with Gasteiger partial charge in [-0.2, -0.15) is 0 Å². The number of rotatable bonds is 6. The first-order chi connectivity index (χ1) is 9.29. The molecule has 1 nitrogen and oxygen atoms in total. The smallest absolute Gasteiger partial charge is 0.0790 e. The van der Waals surface area contributed by atoms with Gasteiger partial charge in [-0.25, -0.2) is 0 Å². The Bertz CT molecular complexity index is 366. The van der Waals surface area contributed by atoms with Crippen LogP contribution in [0, 0.1) is 5.92 Å². The van der Waals surface area contributed by atoms with Crippen LogP contribution in [0.25, 0.3) is 0 Å². The molecular weight excluding hydrogens is 232 g/mol. The third kappa shape index (κ3) is 4.65. The normalized spacial score (nSPS) is 18.4. The van der Waals surface area contributed by atoms with Gasteiger partial charge in [-0.3, -0.25) is 0 Å². The summed E-state index contributed by atoms with van der Waals surface area (Å²) in [6, 6.07) is 8.59. The molecule has 1 unspecified atom stereocenters. The van der Waals surface area contributed by atoms with Crippen molar-refractivity contribution in [2.75, 3.05) is 0 Å². The Hall–Kier alpha value is -0.820. The summed E-state index contributed by atoms with van der Waals surface area (Å²) in [5, 5.41) is 10.1. The molecule has 1 aliphatic rings. The summed E-state index contributed by atoms with van der Waals surface area (Å²) in [6.07, 6.45) is 11.3. The second-order valence-corrected chi connectivity index (χ2v) is 6.09. The largest absolute Gasteiger partial charge is 0.388 e. The lowest BCUT2D eigenvalue weighted by Gasteiger charge is -2.21. The predicted molar refractivity (Wildman–Crippen MR) is 81.2 cm³/mol. The number of aliphatic hydroxyl groups is 1. The van der Waals surface area contributed by atoms with Crippen LogP contribution >= 0.6 is 0 Å². The van der Waals surface area contributed by atoms with Crippen molar-refractivity contribution in [1.82, 2.24) is 0 Å². The maximum atomic E-state index is 10.1. The van der Waals surface area contributed by atoms with E-state index in [9.17, 15) is 5.11 Å². The Morgan fingerprint density at radius 3 is 2.74 bits per heavy atom. The molecule has 1 heteroatoms. The lowest BCUT2D eigenvalue weighted by atomic mass is 9.85. The fraction of sp³-hybridized carbons (Fsp3) is 0.667. The first kappa shape index (κ1) is 14.6. The van der Waals surface area contributed by atoms with Gasteiger partial charge in [0.1, 0.15) is 0 Å². The van der Waals surface area contributed by atoms with Gasteiger partial charge in [0.25, 0.3) is 0 Å². The summed E-state index contributed by atoms with van der Waals surface area (Å²) in [6.45, 7) is 2.12. The third-order valence-electron chi connectivity index (χ3n) is 4.46. The Morgan fingerprint density at radius 2 is 2.00 bits per heavy atom. The van der Waals surface area contributed by atoms with Crippen molar-refractivity contribution in [2.24, 2.45) is 5.92 Å². The zero-order chi connectivity index (χ0) is 13.5. The van der Waals surface area contributed by atoms with Gasteiger partial charge in [0.05, 0.1) is 6.10 Å². The summed E-state index contributed by atoms with van der Waals surface area (Å²) in [5.41, 5.74) is 2.50. The summed E-state index contributed by atoms with van der Waals surface area (Å²) in [4.78, 5) is 0. The maximum absolute atomic E-state index is 10.1. The fourth-order valence-electron chi connectivity index (χ4n) is 3.24. The molecule has 0 radical (unpaired) electrons. The topological polar surface area (TPSA) is 20.2 Å². The minimum Gasteiger partial charge on any atom is -0.388 e. The van der Waals surface area contributed by atoms with E-state index >= 15 is 0 Å².